The van der Waals surface area contributed by atoms with Crippen LogP contribution in [0.25, 0.3) is 0 Å². The van der Waals surface area contributed by atoms with Gasteiger partial charge in [-0.3, -0.25) is 0 Å². The molecule has 72 valence electrons. The second-order valence-electron chi connectivity index (χ2n) is 3.11. The van der Waals surface area contributed by atoms with Crippen LogP contribution in [0.4, 0.5) is 0 Å². The maximum absolute atomic E-state index is 4.05. The molecule has 0 spiro atoms. The molecule has 1 aromatic rings. The van der Waals surface area contributed by atoms with Crippen LogP contribution in [-0.4, -0.2) is 12.6 Å². The van der Waals surface area contributed by atoms with Gasteiger partial charge in [0.05, 0.1) is 0 Å². The van der Waals surface area contributed by atoms with E-state index in [1.807, 2.05) is 19.1 Å². The van der Waals surface area contributed by atoms with Crippen LogP contribution in [0.15, 0.2) is 41.0 Å². The van der Waals surface area contributed by atoms with Crippen molar-refractivity contribution in [1.82, 2.24) is 0 Å². The average molecular weight is 186 g/mol. The molecule has 0 fully saturated rings. The molecule has 0 aliphatic carbocycles. The molecule has 0 amide bonds. The van der Waals surface area contributed by atoms with E-state index in [-0.39, 0.29) is 0 Å². The summed E-state index contributed by atoms with van der Waals surface area (Å²) < 4.78 is 0. The summed E-state index contributed by atoms with van der Waals surface area (Å²) in [6.45, 7) is 11.1. The van der Waals surface area contributed by atoms with Gasteiger partial charge in [0.25, 0.3) is 0 Å². The fourth-order valence-electron chi connectivity index (χ4n) is 1.35. The molecular weight excluding hydrogens is 172 g/mol. The van der Waals surface area contributed by atoms with Crippen LogP contribution in [0.3, 0.4) is 0 Å². The third kappa shape index (κ3) is 2.16. The molecule has 2 nitrogen and oxygen atoms in total. The minimum absolute atomic E-state index is 0.623. The number of aliphatic imine (C=N–C) groups is 2. The van der Waals surface area contributed by atoms with Crippen molar-refractivity contribution in [2.24, 2.45) is 9.98 Å². The highest BCUT2D eigenvalue weighted by atomic mass is 14.9. The first kappa shape index (κ1) is 10.4. The Morgan fingerprint density at radius 2 is 2.07 bits per heavy atom. The fraction of sp³-hybridized carbons (Fsp3) is 0.167. The van der Waals surface area contributed by atoms with E-state index in [0.717, 1.165) is 11.1 Å². The summed E-state index contributed by atoms with van der Waals surface area (Å²) in [5.74, 6) is 0.623. The van der Waals surface area contributed by atoms with E-state index in [0.29, 0.717) is 5.84 Å². The Morgan fingerprint density at radius 3 is 2.57 bits per heavy atom. The van der Waals surface area contributed by atoms with Crippen molar-refractivity contribution in [2.45, 2.75) is 13.8 Å². The summed E-state index contributed by atoms with van der Waals surface area (Å²) in [4.78, 5) is 7.92. The van der Waals surface area contributed by atoms with Crippen molar-refractivity contribution in [3.05, 3.63) is 47.7 Å². The zero-order valence-corrected chi connectivity index (χ0v) is 8.62. The number of hydrogen-bond donors (Lipinski definition) is 0. The molecule has 0 saturated heterocycles. The molecule has 1 aromatic carbocycles. The molecular formula is C12H14N2. The summed E-state index contributed by atoms with van der Waals surface area (Å²) in [7, 11) is 0. The number of benzene rings is 1. The van der Waals surface area contributed by atoms with Crippen LogP contribution < -0.4 is 0 Å². The molecule has 0 aliphatic heterocycles. The molecule has 1 rings (SSSR count). The SMILES string of the molecule is C=CN=C(N=C)c1ccc(C)cc1C. The van der Waals surface area contributed by atoms with Gasteiger partial charge in [-0.25, -0.2) is 9.98 Å². The molecule has 14 heavy (non-hydrogen) atoms. The minimum Gasteiger partial charge on any atom is -0.245 e. The van der Waals surface area contributed by atoms with Gasteiger partial charge in [-0.2, -0.15) is 0 Å². The van der Waals surface area contributed by atoms with Crippen molar-refractivity contribution in [3.63, 3.8) is 0 Å². The smallest absolute Gasteiger partial charge is 0.158 e. The summed E-state index contributed by atoms with van der Waals surface area (Å²) in [6.07, 6.45) is 1.48. The highest BCUT2D eigenvalue weighted by Crippen LogP contribution is 2.12. The average Bonchev–Trinajstić information content (AvgIpc) is 2.15. The highest BCUT2D eigenvalue weighted by molar-refractivity contribution is 6.02. The van der Waals surface area contributed by atoms with Crippen molar-refractivity contribution < 1.29 is 0 Å². The number of amidine groups is 1. The Balaban J connectivity index is 3.24. The molecule has 0 aromatic heterocycles. The zero-order chi connectivity index (χ0) is 10.6. The molecule has 0 N–H and O–H groups in total. The Labute approximate surface area is 84.7 Å². The number of rotatable bonds is 2. The Bertz CT molecular complexity index is 389. The van der Waals surface area contributed by atoms with Crippen molar-refractivity contribution in [2.75, 3.05) is 0 Å². The quantitative estimate of drug-likeness (QED) is 0.501. The van der Waals surface area contributed by atoms with E-state index in [1.165, 1.54) is 11.8 Å². The van der Waals surface area contributed by atoms with Crippen LogP contribution in [0.1, 0.15) is 16.7 Å². The molecule has 0 atom stereocenters. The summed E-state index contributed by atoms with van der Waals surface area (Å²) >= 11 is 0. The normalized spacial score (nSPS) is 11.1. The van der Waals surface area contributed by atoms with Gasteiger partial charge in [-0.05, 0) is 26.1 Å². The second kappa shape index (κ2) is 4.51. The number of hydrogen-bond acceptors (Lipinski definition) is 1. The first-order valence-electron chi connectivity index (χ1n) is 4.42. The van der Waals surface area contributed by atoms with Gasteiger partial charge in [-0.1, -0.05) is 30.3 Å². The molecule has 0 bridgehead atoms. The summed E-state index contributed by atoms with van der Waals surface area (Å²) in [5, 5.41) is 0. The minimum atomic E-state index is 0.623. The molecule has 2 heteroatoms. The number of nitrogens with zero attached hydrogens (tertiary/aromatic N) is 2. The lowest BCUT2D eigenvalue weighted by Gasteiger charge is -2.04. The predicted molar refractivity (Wildman–Crippen MR) is 62.2 cm³/mol. The van der Waals surface area contributed by atoms with E-state index >= 15 is 0 Å². The summed E-state index contributed by atoms with van der Waals surface area (Å²) in [5.41, 5.74) is 3.39. The Morgan fingerprint density at radius 1 is 1.36 bits per heavy atom. The van der Waals surface area contributed by atoms with Gasteiger partial charge in [-0.15, -0.1) is 0 Å². The molecule has 0 saturated carbocycles. The lowest BCUT2D eigenvalue weighted by Crippen LogP contribution is -1.99. The molecule has 0 unspecified atom stereocenters. The van der Waals surface area contributed by atoms with Crippen LogP contribution in [0.5, 0.6) is 0 Å². The lowest BCUT2D eigenvalue weighted by atomic mass is 10.1. The lowest BCUT2D eigenvalue weighted by molar-refractivity contribution is 1.35. The summed E-state index contributed by atoms with van der Waals surface area (Å²) in [6, 6.07) is 6.13. The Hall–Kier alpha value is -1.70. The van der Waals surface area contributed by atoms with Crippen molar-refractivity contribution in [3.8, 4) is 0 Å². The van der Waals surface area contributed by atoms with E-state index in [9.17, 15) is 0 Å². The second-order valence-corrected chi connectivity index (χ2v) is 3.11. The van der Waals surface area contributed by atoms with Crippen LogP contribution >= 0.6 is 0 Å². The highest BCUT2D eigenvalue weighted by Gasteiger charge is 2.03. The van der Waals surface area contributed by atoms with E-state index < -0.39 is 0 Å². The van der Waals surface area contributed by atoms with Gasteiger partial charge < -0.3 is 0 Å². The van der Waals surface area contributed by atoms with E-state index in [2.05, 4.69) is 36.3 Å². The third-order valence-corrected chi connectivity index (χ3v) is 1.99. The fourth-order valence-corrected chi connectivity index (χ4v) is 1.35. The predicted octanol–water partition coefficient (Wildman–Crippen LogP) is 2.89. The monoisotopic (exact) mass is 186 g/mol. The molecule has 0 radical (unpaired) electrons. The van der Waals surface area contributed by atoms with Gasteiger partial charge in [0.2, 0.25) is 0 Å². The largest absolute Gasteiger partial charge is 0.245 e. The number of aryl methyl sites for hydroxylation is 2. The van der Waals surface area contributed by atoms with E-state index in [1.54, 1.807) is 0 Å². The molecule has 0 aliphatic rings. The van der Waals surface area contributed by atoms with Crippen LogP contribution in [0, 0.1) is 13.8 Å². The van der Waals surface area contributed by atoms with Gasteiger partial charge in [0.15, 0.2) is 5.84 Å². The van der Waals surface area contributed by atoms with Crippen LogP contribution in [0.2, 0.25) is 0 Å². The Kier molecular flexibility index (Phi) is 3.35. The van der Waals surface area contributed by atoms with Crippen molar-refractivity contribution >= 4 is 12.6 Å². The maximum atomic E-state index is 4.05. The first-order valence-corrected chi connectivity index (χ1v) is 4.42. The first-order chi connectivity index (χ1) is 6.69. The van der Waals surface area contributed by atoms with Gasteiger partial charge in [0.1, 0.15) is 0 Å². The standard InChI is InChI=1S/C12H14N2/c1-5-14-12(13-4)11-7-6-9(2)8-10(11)3/h5-8H,1,4H2,2-3H3. The van der Waals surface area contributed by atoms with Crippen molar-refractivity contribution in [1.29, 1.82) is 0 Å². The third-order valence-electron chi connectivity index (χ3n) is 1.99. The van der Waals surface area contributed by atoms with Gasteiger partial charge in [0, 0.05) is 11.8 Å². The van der Waals surface area contributed by atoms with E-state index in [4.69, 9.17) is 0 Å². The molecule has 0 heterocycles. The zero-order valence-electron chi connectivity index (χ0n) is 8.62. The van der Waals surface area contributed by atoms with Crippen LogP contribution in [-0.2, 0) is 0 Å². The maximum Gasteiger partial charge on any atom is 0.158 e. The topological polar surface area (TPSA) is 24.7 Å². The van der Waals surface area contributed by atoms with Gasteiger partial charge >= 0.3 is 0 Å².